The Morgan fingerprint density at radius 3 is 1.35 bits per heavy atom. The number of nitrogens with zero attached hydrogens (tertiary/aromatic N) is 5. The van der Waals surface area contributed by atoms with Crippen molar-refractivity contribution in [1.29, 1.82) is 0 Å². The molecule has 0 radical (unpaired) electrons. The summed E-state index contributed by atoms with van der Waals surface area (Å²) in [6.07, 6.45) is 0. The summed E-state index contributed by atoms with van der Waals surface area (Å²) < 4.78 is 8.63. The van der Waals surface area contributed by atoms with Gasteiger partial charge in [0.05, 0.1) is 6.92 Å². The Balaban J connectivity index is 4.74. The minimum Gasteiger partial charge on any atom is -0.340 e. The molecule has 0 spiro atoms. The Hall–Kier alpha value is -3.08. The van der Waals surface area contributed by atoms with Crippen LogP contribution in [0.4, 0.5) is 0 Å². The van der Waals surface area contributed by atoms with Gasteiger partial charge in [0.25, 0.3) is 6.61 Å². The second kappa shape index (κ2) is 7.26. The van der Waals surface area contributed by atoms with E-state index in [-0.39, 0.29) is 0 Å². The Kier molecular flexibility index (Phi) is 6.29. The van der Waals surface area contributed by atoms with Crippen molar-refractivity contribution in [3.8, 4) is 0 Å². The highest BCUT2D eigenvalue weighted by Gasteiger charge is 2.71. The van der Waals surface area contributed by atoms with E-state index in [9.17, 15) is 50.6 Å². The van der Waals surface area contributed by atoms with E-state index in [0.29, 0.717) is 6.92 Å². The molecule has 0 heterocycles. The molecule has 0 unspecified atom stereocenters. The minimum atomic E-state index is -3.89. The zero-order valence-electron chi connectivity index (χ0n) is 11.3. The van der Waals surface area contributed by atoms with Crippen LogP contribution in [-0.2, 0) is 9.47 Å². The molecule has 0 aromatic carbocycles. The first-order valence-electron chi connectivity index (χ1n) is 5.31. The molecule has 130 valence electrons. The number of hydrogen-bond donors (Lipinski definition) is 0. The molecule has 0 bridgehead atoms. The van der Waals surface area contributed by atoms with Crippen LogP contribution in [0.3, 0.4) is 0 Å². The van der Waals surface area contributed by atoms with Gasteiger partial charge in [-0.25, -0.2) is 0 Å². The van der Waals surface area contributed by atoms with Crippen molar-refractivity contribution in [2.45, 2.75) is 18.4 Å². The molecule has 0 aromatic heterocycles. The summed E-state index contributed by atoms with van der Waals surface area (Å²) in [6, 6.07) is 0. The molecule has 0 rings (SSSR count). The smallest absolute Gasteiger partial charge is 0.340 e. The Bertz CT molecular complexity index is 482. The zero-order valence-corrected chi connectivity index (χ0v) is 11.3. The summed E-state index contributed by atoms with van der Waals surface area (Å²) in [6.45, 7) is -3.32. The summed E-state index contributed by atoms with van der Waals surface area (Å²) in [7, 11) is 0. The van der Waals surface area contributed by atoms with E-state index >= 15 is 0 Å². The van der Waals surface area contributed by atoms with E-state index in [4.69, 9.17) is 0 Å². The maximum atomic E-state index is 10.5. The first-order chi connectivity index (χ1) is 10.4. The van der Waals surface area contributed by atoms with Crippen LogP contribution in [0.1, 0.15) is 6.92 Å². The van der Waals surface area contributed by atoms with E-state index in [2.05, 4.69) is 9.47 Å². The topological polar surface area (TPSA) is 234 Å². The molecule has 0 amide bonds. The SMILES string of the molecule is CC(COCOCC([N+](=O)[O-])([N+](=O)[O-])[N+](=O)[O-])([N+](=O)[O-])[N+](=O)[O-]. The summed E-state index contributed by atoms with van der Waals surface area (Å²) >= 11 is 0. The molecule has 0 saturated heterocycles. The molecule has 0 saturated carbocycles. The average molecular weight is 343 g/mol. The standard InChI is InChI=1S/C6H9N5O12/c1-5(7(12)13,8(14)15)2-22-4-23-3-6(9(16)17,10(18)19)11(20)21/h2-4H2,1H3. The molecule has 0 aromatic rings. The maximum Gasteiger partial charge on any atom is 0.723 e. The molecular formula is C6H9N5O12. The highest BCUT2D eigenvalue weighted by atomic mass is 16.8. The van der Waals surface area contributed by atoms with Crippen LogP contribution in [0.15, 0.2) is 0 Å². The van der Waals surface area contributed by atoms with Crippen LogP contribution >= 0.6 is 0 Å². The summed E-state index contributed by atoms with van der Waals surface area (Å²) in [5.41, 5.74) is -2.75. The lowest BCUT2D eigenvalue weighted by Gasteiger charge is -2.13. The van der Waals surface area contributed by atoms with Crippen molar-refractivity contribution in [2.24, 2.45) is 0 Å². The first-order valence-corrected chi connectivity index (χ1v) is 5.31. The fourth-order valence-corrected chi connectivity index (χ4v) is 1.00. The highest BCUT2D eigenvalue weighted by Crippen LogP contribution is 2.14. The second-order valence-corrected chi connectivity index (χ2v) is 4.09. The molecular weight excluding hydrogens is 334 g/mol. The second-order valence-electron chi connectivity index (χ2n) is 4.09. The van der Waals surface area contributed by atoms with Crippen molar-refractivity contribution in [3.63, 3.8) is 0 Å². The van der Waals surface area contributed by atoms with Gasteiger partial charge in [0.15, 0.2) is 21.4 Å². The van der Waals surface area contributed by atoms with Crippen molar-refractivity contribution >= 4 is 0 Å². The molecule has 0 N–H and O–H groups in total. The van der Waals surface area contributed by atoms with Crippen LogP contribution in [0, 0.1) is 50.6 Å². The number of hydrogen-bond acceptors (Lipinski definition) is 12. The van der Waals surface area contributed by atoms with E-state index in [1.807, 2.05) is 0 Å². The van der Waals surface area contributed by atoms with Gasteiger partial charge >= 0.3 is 11.4 Å². The number of ether oxygens (including phenoxy) is 2. The molecule has 17 nitrogen and oxygen atoms in total. The molecule has 0 aliphatic heterocycles. The highest BCUT2D eigenvalue weighted by molar-refractivity contribution is 4.57. The van der Waals surface area contributed by atoms with Gasteiger partial charge in [0.1, 0.15) is 16.6 Å². The summed E-state index contributed by atoms with van der Waals surface area (Å²) in [5, 5.41) is 52.6. The van der Waals surface area contributed by atoms with E-state index < -0.39 is 56.1 Å². The predicted molar refractivity (Wildman–Crippen MR) is 62.9 cm³/mol. The van der Waals surface area contributed by atoms with E-state index in [0.717, 1.165) is 0 Å². The zero-order chi connectivity index (χ0) is 18.4. The maximum absolute atomic E-state index is 10.5. The van der Waals surface area contributed by atoms with Gasteiger partial charge in [-0.15, -0.1) is 0 Å². The van der Waals surface area contributed by atoms with Crippen LogP contribution in [0.2, 0.25) is 0 Å². The predicted octanol–water partition coefficient (Wildman–Crippen LogP) is -1.27. The lowest BCUT2D eigenvalue weighted by molar-refractivity contribution is -0.970. The molecule has 0 aliphatic rings. The van der Waals surface area contributed by atoms with Crippen molar-refractivity contribution in [3.05, 3.63) is 50.6 Å². The minimum absolute atomic E-state index is 0.600. The van der Waals surface area contributed by atoms with Crippen molar-refractivity contribution < 1.29 is 34.1 Å². The first kappa shape index (κ1) is 19.9. The van der Waals surface area contributed by atoms with Crippen molar-refractivity contribution in [2.75, 3.05) is 20.0 Å². The monoisotopic (exact) mass is 343 g/mol. The van der Waals surface area contributed by atoms with Gasteiger partial charge < -0.3 is 9.47 Å². The summed E-state index contributed by atoms with van der Waals surface area (Å²) in [4.78, 5) is 44.7. The lowest BCUT2D eigenvalue weighted by atomic mass is 10.2. The Morgan fingerprint density at radius 1 is 0.696 bits per heavy atom. The average Bonchev–Trinajstić information content (AvgIpc) is 2.40. The van der Waals surface area contributed by atoms with Crippen LogP contribution < -0.4 is 0 Å². The van der Waals surface area contributed by atoms with Crippen LogP contribution in [-0.4, -0.2) is 56.1 Å². The lowest BCUT2D eigenvalue weighted by Crippen LogP contribution is -2.56. The van der Waals surface area contributed by atoms with Crippen LogP contribution in [0.25, 0.3) is 0 Å². The van der Waals surface area contributed by atoms with Gasteiger partial charge in [0.2, 0.25) is 0 Å². The van der Waals surface area contributed by atoms with Gasteiger partial charge in [-0.2, -0.15) is 0 Å². The molecule has 23 heavy (non-hydrogen) atoms. The third kappa shape index (κ3) is 3.97. The normalized spacial score (nSPS) is 11.7. The van der Waals surface area contributed by atoms with Gasteiger partial charge in [0, 0.05) is 0 Å². The Labute approximate surface area is 124 Å². The fraction of sp³-hybridized carbons (Fsp3) is 1.00. The van der Waals surface area contributed by atoms with Gasteiger partial charge in [-0.05, 0) is 0 Å². The van der Waals surface area contributed by atoms with Crippen LogP contribution in [0.5, 0.6) is 0 Å². The third-order valence-corrected chi connectivity index (χ3v) is 2.50. The molecule has 0 fully saturated rings. The van der Waals surface area contributed by atoms with E-state index in [1.54, 1.807) is 0 Å². The van der Waals surface area contributed by atoms with Gasteiger partial charge in [-0.1, -0.05) is 0 Å². The molecule has 0 atom stereocenters. The molecule has 0 aliphatic carbocycles. The fourth-order valence-electron chi connectivity index (χ4n) is 1.00. The Morgan fingerprint density at radius 2 is 1.04 bits per heavy atom. The van der Waals surface area contributed by atoms with E-state index in [1.165, 1.54) is 0 Å². The van der Waals surface area contributed by atoms with Crippen molar-refractivity contribution in [1.82, 2.24) is 0 Å². The quantitative estimate of drug-likeness (QED) is 0.185. The number of nitro groups is 5. The largest absolute Gasteiger partial charge is 0.723 e. The van der Waals surface area contributed by atoms with Gasteiger partial charge in [-0.3, -0.25) is 50.6 Å². The summed E-state index contributed by atoms with van der Waals surface area (Å²) in [5.74, 6) is -3.89. The third-order valence-electron chi connectivity index (χ3n) is 2.50. The number of rotatable bonds is 11. The molecule has 17 heteroatoms.